The molecule has 1 aromatic heterocycles. The summed E-state index contributed by atoms with van der Waals surface area (Å²) >= 11 is 0. The molecular formula is C13H15FN4. The van der Waals surface area contributed by atoms with E-state index in [2.05, 4.69) is 17.1 Å². The van der Waals surface area contributed by atoms with Crippen LogP contribution in [0.2, 0.25) is 0 Å². The predicted molar refractivity (Wildman–Crippen MR) is 67.3 cm³/mol. The summed E-state index contributed by atoms with van der Waals surface area (Å²) < 4.78 is 15.5. The Labute approximate surface area is 105 Å². The molecule has 0 bridgehead atoms. The molecule has 0 fully saturated rings. The number of nitrogens with two attached hydrogens (primary N) is 1. The molecule has 0 amide bonds. The molecule has 1 aromatic carbocycles. The highest BCUT2D eigenvalue weighted by Crippen LogP contribution is 2.29. The van der Waals surface area contributed by atoms with E-state index in [1.54, 1.807) is 12.1 Å². The monoisotopic (exact) mass is 246 g/mol. The van der Waals surface area contributed by atoms with E-state index in [0.717, 1.165) is 25.2 Å². The van der Waals surface area contributed by atoms with Crippen molar-refractivity contribution >= 4 is 5.69 Å². The van der Waals surface area contributed by atoms with Gasteiger partial charge in [0.2, 0.25) is 0 Å². The topological polar surface area (TPSA) is 56.7 Å². The van der Waals surface area contributed by atoms with Gasteiger partial charge in [0.25, 0.3) is 0 Å². The van der Waals surface area contributed by atoms with Crippen LogP contribution >= 0.6 is 0 Å². The van der Waals surface area contributed by atoms with Gasteiger partial charge in [-0.25, -0.2) is 4.39 Å². The van der Waals surface area contributed by atoms with Crippen molar-refractivity contribution in [2.45, 2.75) is 26.3 Å². The summed E-state index contributed by atoms with van der Waals surface area (Å²) in [5.41, 5.74) is 6.55. The van der Waals surface area contributed by atoms with E-state index >= 15 is 0 Å². The molecule has 2 N–H and O–H groups in total. The van der Waals surface area contributed by atoms with E-state index in [9.17, 15) is 4.39 Å². The molecule has 1 atom stereocenters. The lowest BCUT2D eigenvalue weighted by atomic mass is 10.00. The Kier molecular flexibility index (Phi) is 2.54. The quantitative estimate of drug-likeness (QED) is 0.785. The van der Waals surface area contributed by atoms with Crippen molar-refractivity contribution in [3.63, 3.8) is 0 Å². The molecule has 3 rings (SSSR count). The van der Waals surface area contributed by atoms with Crippen LogP contribution in [0.1, 0.15) is 19.2 Å². The molecular weight excluding hydrogens is 231 g/mol. The highest BCUT2D eigenvalue weighted by Gasteiger charge is 2.22. The highest BCUT2D eigenvalue weighted by molar-refractivity contribution is 5.72. The Morgan fingerprint density at radius 2 is 2.22 bits per heavy atom. The van der Waals surface area contributed by atoms with Crippen molar-refractivity contribution in [3.8, 4) is 11.4 Å². The van der Waals surface area contributed by atoms with E-state index < -0.39 is 5.82 Å². The van der Waals surface area contributed by atoms with Gasteiger partial charge in [-0.1, -0.05) is 13.0 Å². The molecule has 1 aliphatic heterocycles. The van der Waals surface area contributed by atoms with Gasteiger partial charge in [-0.15, -0.1) is 10.2 Å². The Balaban J connectivity index is 2.11. The van der Waals surface area contributed by atoms with Gasteiger partial charge in [-0.3, -0.25) is 0 Å². The van der Waals surface area contributed by atoms with Crippen LogP contribution < -0.4 is 5.73 Å². The van der Waals surface area contributed by atoms with Crippen molar-refractivity contribution in [2.75, 3.05) is 5.73 Å². The second-order valence-electron chi connectivity index (χ2n) is 4.89. The smallest absolute Gasteiger partial charge is 0.166 e. The van der Waals surface area contributed by atoms with E-state index in [1.165, 1.54) is 6.07 Å². The maximum atomic E-state index is 13.5. The summed E-state index contributed by atoms with van der Waals surface area (Å²) in [4.78, 5) is 0. The molecule has 0 spiro atoms. The van der Waals surface area contributed by atoms with Crippen LogP contribution in [0.15, 0.2) is 18.2 Å². The summed E-state index contributed by atoms with van der Waals surface area (Å²) in [5.74, 6) is 1.86. The number of anilines is 1. The summed E-state index contributed by atoms with van der Waals surface area (Å²) in [6.07, 6.45) is 2.01. The van der Waals surface area contributed by atoms with Gasteiger partial charge >= 0.3 is 0 Å². The van der Waals surface area contributed by atoms with E-state index in [1.807, 2.05) is 4.57 Å². The van der Waals surface area contributed by atoms with E-state index in [0.29, 0.717) is 17.3 Å². The lowest BCUT2D eigenvalue weighted by molar-refractivity contribution is 0.411. The number of rotatable bonds is 1. The molecule has 2 aromatic rings. The van der Waals surface area contributed by atoms with Crippen molar-refractivity contribution in [3.05, 3.63) is 29.8 Å². The van der Waals surface area contributed by atoms with Crippen LogP contribution in [0, 0.1) is 11.7 Å². The Morgan fingerprint density at radius 3 is 3.06 bits per heavy atom. The largest absolute Gasteiger partial charge is 0.396 e. The molecule has 0 saturated heterocycles. The number of nitrogen functional groups attached to an aromatic ring is 1. The maximum absolute atomic E-state index is 13.5. The molecule has 0 saturated carbocycles. The zero-order valence-corrected chi connectivity index (χ0v) is 10.2. The van der Waals surface area contributed by atoms with E-state index in [-0.39, 0.29) is 5.69 Å². The Morgan fingerprint density at radius 1 is 1.39 bits per heavy atom. The minimum Gasteiger partial charge on any atom is -0.396 e. The van der Waals surface area contributed by atoms with Gasteiger partial charge in [0.15, 0.2) is 5.82 Å². The molecule has 0 radical (unpaired) electrons. The minimum absolute atomic E-state index is 0.145. The number of benzene rings is 1. The number of hydrogen-bond acceptors (Lipinski definition) is 3. The first-order chi connectivity index (χ1) is 8.66. The molecule has 4 nitrogen and oxygen atoms in total. The summed E-state index contributed by atoms with van der Waals surface area (Å²) in [6, 6.07) is 4.79. The van der Waals surface area contributed by atoms with Crippen LogP contribution in [0.5, 0.6) is 0 Å². The zero-order valence-electron chi connectivity index (χ0n) is 10.2. The predicted octanol–water partition coefficient (Wildman–Crippen LogP) is 2.25. The van der Waals surface area contributed by atoms with Gasteiger partial charge in [0.05, 0.1) is 5.69 Å². The average molecular weight is 246 g/mol. The normalized spacial score (nSPS) is 18.7. The number of hydrogen-bond donors (Lipinski definition) is 1. The molecule has 18 heavy (non-hydrogen) atoms. The fourth-order valence-electron chi connectivity index (χ4n) is 2.42. The third-order valence-corrected chi connectivity index (χ3v) is 3.50. The van der Waals surface area contributed by atoms with Gasteiger partial charge in [0.1, 0.15) is 11.6 Å². The first-order valence-electron chi connectivity index (χ1n) is 6.13. The maximum Gasteiger partial charge on any atom is 0.166 e. The number of fused-ring (bicyclic) bond motifs is 1. The SMILES string of the molecule is CC1CCn2c(nnc2-c2cccc(F)c2N)C1. The van der Waals surface area contributed by atoms with Gasteiger partial charge in [-0.05, 0) is 24.5 Å². The second-order valence-corrected chi connectivity index (χ2v) is 4.89. The summed E-state index contributed by atoms with van der Waals surface area (Å²) in [6.45, 7) is 3.07. The first kappa shape index (κ1) is 11.2. The number of nitrogens with zero attached hydrogens (tertiary/aromatic N) is 3. The first-order valence-corrected chi connectivity index (χ1v) is 6.13. The van der Waals surface area contributed by atoms with Crippen molar-refractivity contribution in [1.29, 1.82) is 0 Å². The van der Waals surface area contributed by atoms with Gasteiger partial charge < -0.3 is 10.3 Å². The van der Waals surface area contributed by atoms with Crippen LogP contribution in [-0.2, 0) is 13.0 Å². The lowest BCUT2D eigenvalue weighted by Gasteiger charge is -2.20. The Bertz CT molecular complexity index is 591. The molecule has 1 aliphatic rings. The summed E-state index contributed by atoms with van der Waals surface area (Å²) in [7, 11) is 0. The minimum atomic E-state index is -0.408. The molecule has 94 valence electrons. The van der Waals surface area contributed by atoms with Gasteiger partial charge in [-0.2, -0.15) is 0 Å². The zero-order chi connectivity index (χ0) is 12.7. The molecule has 0 aliphatic carbocycles. The third-order valence-electron chi connectivity index (χ3n) is 3.50. The van der Waals surface area contributed by atoms with Crippen molar-refractivity contribution in [2.24, 2.45) is 5.92 Å². The highest BCUT2D eigenvalue weighted by atomic mass is 19.1. The van der Waals surface area contributed by atoms with Crippen molar-refractivity contribution < 1.29 is 4.39 Å². The molecule has 2 heterocycles. The standard InChI is InChI=1S/C13H15FN4/c1-8-5-6-18-11(7-8)16-17-13(18)9-3-2-4-10(14)12(9)15/h2-4,8H,5-7,15H2,1H3. The molecule has 1 unspecified atom stereocenters. The van der Waals surface area contributed by atoms with E-state index in [4.69, 9.17) is 5.73 Å². The van der Waals surface area contributed by atoms with Crippen molar-refractivity contribution in [1.82, 2.24) is 14.8 Å². The van der Waals surface area contributed by atoms with Crippen LogP contribution in [0.4, 0.5) is 10.1 Å². The van der Waals surface area contributed by atoms with Gasteiger partial charge in [0, 0.05) is 18.5 Å². The number of aromatic nitrogens is 3. The Hall–Kier alpha value is -1.91. The number of para-hydroxylation sites is 1. The second kappa shape index (κ2) is 4.08. The average Bonchev–Trinajstić information content (AvgIpc) is 2.75. The van der Waals surface area contributed by atoms with Crippen LogP contribution in [-0.4, -0.2) is 14.8 Å². The number of halogens is 1. The molecule has 5 heteroatoms. The van der Waals surface area contributed by atoms with Crippen LogP contribution in [0.25, 0.3) is 11.4 Å². The third kappa shape index (κ3) is 1.66. The lowest BCUT2D eigenvalue weighted by Crippen LogP contribution is -2.18. The summed E-state index contributed by atoms with van der Waals surface area (Å²) in [5, 5.41) is 8.36. The fourth-order valence-corrected chi connectivity index (χ4v) is 2.42. The fraction of sp³-hybridized carbons (Fsp3) is 0.385. The van der Waals surface area contributed by atoms with Crippen LogP contribution in [0.3, 0.4) is 0 Å².